The van der Waals surface area contributed by atoms with Crippen LogP contribution in [0.25, 0.3) is 0 Å². The summed E-state index contributed by atoms with van der Waals surface area (Å²) in [6.07, 6.45) is -3.15. The molecule has 182 valence electrons. The first-order valence-electron chi connectivity index (χ1n) is 10.2. The molecule has 1 atom stereocenters. The number of imidazole rings is 1. The van der Waals surface area contributed by atoms with E-state index < -0.39 is 39.3 Å². The lowest BCUT2D eigenvalue weighted by atomic mass is 9.99. The van der Waals surface area contributed by atoms with Crippen molar-refractivity contribution in [3.8, 4) is 0 Å². The number of aryl methyl sites for hydroxylation is 1. The van der Waals surface area contributed by atoms with Gasteiger partial charge in [0.15, 0.2) is 0 Å². The SMILES string of the molecule is CC(C)(C)OC(=O)N1CCn2c(S(C)(=O)=O)nc(I)c2C1CCc1ccc(C(F)(F)F)cc1. The van der Waals surface area contributed by atoms with Gasteiger partial charge in [-0.25, -0.2) is 18.2 Å². The highest BCUT2D eigenvalue weighted by Gasteiger charge is 2.38. The fourth-order valence-corrected chi connectivity index (χ4v) is 5.63. The topological polar surface area (TPSA) is 81.5 Å². The van der Waals surface area contributed by atoms with Crippen LogP contribution in [0, 0.1) is 3.70 Å². The molecule has 12 heteroatoms. The average Bonchev–Trinajstić information content (AvgIpc) is 3.02. The summed E-state index contributed by atoms with van der Waals surface area (Å²) in [6, 6.07) is 4.32. The standard InChI is InChI=1S/C21H25F3IN3O4S/c1-20(2,3)32-19(29)27-11-12-28-16(17(25)26-18(28)33(4,30)31)15(27)10-7-13-5-8-14(9-6-13)21(22,23)24/h5-6,8-9,15H,7,10-12H2,1-4H3. The summed E-state index contributed by atoms with van der Waals surface area (Å²) in [5, 5.41) is -0.0646. The highest BCUT2D eigenvalue weighted by atomic mass is 127. The van der Waals surface area contributed by atoms with Gasteiger partial charge in [-0.3, -0.25) is 4.90 Å². The van der Waals surface area contributed by atoms with Crippen LogP contribution in [0.4, 0.5) is 18.0 Å². The van der Waals surface area contributed by atoms with Gasteiger partial charge in [0.05, 0.1) is 17.3 Å². The van der Waals surface area contributed by atoms with Crippen LogP contribution >= 0.6 is 22.6 Å². The molecule has 3 rings (SSSR count). The number of sulfone groups is 1. The quantitative estimate of drug-likeness (QED) is 0.471. The molecule has 33 heavy (non-hydrogen) atoms. The first-order valence-corrected chi connectivity index (χ1v) is 13.2. The molecule has 0 aliphatic carbocycles. The van der Waals surface area contributed by atoms with Crippen LogP contribution in [0.5, 0.6) is 0 Å². The second kappa shape index (κ2) is 9.08. The third-order valence-electron chi connectivity index (χ3n) is 5.13. The molecule has 1 aromatic heterocycles. The number of alkyl halides is 3. The minimum atomic E-state index is -4.42. The number of rotatable bonds is 4. The van der Waals surface area contributed by atoms with E-state index in [9.17, 15) is 26.4 Å². The van der Waals surface area contributed by atoms with Gasteiger partial charge in [0.1, 0.15) is 9.30 Å². The maximum absolute atomic E-state index is 12.9. The maximum Gasteiger partial charge on any atom is 0.416 e. The summed E-state index contributed by atoms with van der Waals surface area (Å²) in [4.78, 5) is 18.7. The fourth-order valence-electron chi connectivity index (χ4n) is 3.74. The summed E-state index contributed by atoms with van der Waals surface area (Å²) in [5.74, 6) is 0. The lowest BCUT2D eigenvalue weighted by Crippen LogP contribution is -2.45. The minimum Gasteiger partial charge on any atom is -0.444 e. The van der Waals surface area contributed by atoms with E-state index in [1.807, 2.05) is 22.6 Å². The second-order valence-corrected chi connectivity index (χ2v) is 11.8. The summed E-state index contributed by atoms with van der Waals surface area (Å²) in [5.41, 5.74) is -0.204. The number of hydrogen-bond acceptors (Lipinski definition) is 5. The molecule has 0 bridgehead atoms. The molecule has 1 aliphatic rings. The first kappa shape index (κ1) is 25.8. The Balaban J connectivity index is 1.94. The molecule has 0 N–H and O–H groups in total. The minimum absolute atomic E-state index is 0.0646. The van der Waals surface area contributed by atoms with E-state index in [-0.39, 0.29) is 18.2 Å². The molecule has 1 aromatic carbocycles. The van der Waals surface area contributed by atoms with Crippen molar-refractivity contribution in [2.45, 2.75) is 63.1 Å². The highest BCUT2D eigenvalue weighted by Crippen LogP contribution is 2.36. The number of fused-ring (bicyclic) bond motifs is 1. The van der Waals surface area contributed by atoms with Crippen molar-refractivity contribution in [2.24, 2.45) is 0 Å². The van der Waals surface area contributed by atoms with Crippen LogP contribution in [0.15, 0.2) is 29.4 Å². The number of benzene rings is 1. The zero-order valence-corrected chi connectivity index (χ0v) is 21.6. The Morgan fingerprint density at radius 3 is 2.30 bits per heavy atom. The molecule has 2 aromatic rings. The van der Waals surface area contributed by atoms with E-state index in [0.717, 1.165) is 18.4 Å². The Morgan fingerprint density at radius 1 is 1.18 bits per heavy atom. The van der Waals surface area contributed by atoms with Gasteiger partial charge < -0.3 is 9.30 Å². The number of carbonyl (C=O) groups is 1. The van der Waals surface area contributed by atoms with Gasteiger partial charge in [0.25, 0.3) is 0 Å². The van der Waals surface area contributed by atoms with Gasteiger partial charge in [-0.05, 0) is 73.9 Å². The molecule has 7 nitrogen and oxygen atoms in total. The van der Waals surface area contributed by atoms with Crippen molar-refractivity contribution < 1.29 is 31.1 Å². The number of carbonyl (C=O) groups excluding carboxylic acids is 1. The van der Waals surface area contributed by atoms with Crippen molar-refractivity contribution in [1.29, 1.82) is 0 Å². The third kappa shape index (κ3) is 6.00. The highest BCUT2D eigenvalue weighted by molar-refractivity contribution is 14.1. The fraction of sp³-hybridized carbons (Fsp3) is 0.524. The van der Waals surface area contributed by atoms with E-state index in [2.05, 4.69) is 4.98 Å². The molecule has 0 fully saturated rings. The molecule has 1 amide bonds. The Labute approximate surface area is 204 Å². The average molecular weight is 599 g/mol. The van der Waals surface area contributed by atoms with Crippen LogP contribution in [0.1, 0.15) is 50.1 Å². The number of amides is 1. The number of aromatic nitrogens is 2. The van der Waals surface area contributed by atoms with Crippen LogP contribution in [-0.2, 0) is 33.7 Å². The van der Waals surface area contributed by atoms with Gasteiger partial charge in [0, 0.05) is 19.3 Å². The van der Waals surface area contributed by atoms with Crippen LogP contribution < -0.4 is 0 Å². The van der Waals surface area contributed by atoms with Crippen LogP contribution in [0.3, 0.4) is 0 Å². The van der Waals surface area contributed by atoms with Gasteiger partial charge in [-0.1, -0.05) is 12.1 Å². The predicted octanol–water partition coefficient (Wildman–Crippen LogP) is 4.83. The normalized spacial score (nSPS) is 17.1. The van der Waals surface area contributed by atoms with E-state index >= 15 is 0 Å². The third-order valence-corrected chi connectivity index (χ3v) is 6.90. The molecule has 0 saturated heterocycles. The first-order chi connectivity index (χ1) is 15.1. The van der Waals surface area contributed by atoms with Gasteiger partial charge >= 0.3 is 12.3 Å². The van der Waals surface area contributed by atoms with Gasteiger partial charge in [-0.15, -0.1) is 0 Å². The van der Waals surface area contributed by atoms with Crippen molar-refractivity contribution in [2.75, 3.05) is 12.8 Å². The second-order valence-electron chi connectivity index (χ2n) is 8.92. The van der Waals surface area contributed by atoms with Gasteiger partial charge in [-0.2, -0.15) is 13.2 Å². The Kier molecular flexibility index (Phi) is 7.10. The van der Waals surface area contributed by atoms with Crippen LogP contribution in [0.2, 0.25) is 0 Å². The zero-order chi connectivity index (χ0) is 24.8. The maximum atomic E-state index is 12.9. The molecule has 1 unspecified atom stereocenters. The molecular weight excluding hydrogens is 574 g/mol. The smallest absolute Gasteiger partial charge is 0.416 e. The van der Waals surface area contributed by atoms with Gasteiger partial charge in [0.2, 0.25) is 15.0 Å². The number of ether oxygens (including phenoxy) is 1. The van der Waals surface area contributed by atoms with Crippen LogP contribution in [-0.4, -0.2) is 47.4 Å². The van der Waals surface area contributed by atoms with Crippen molar-refractivity contribution in [3.05, 3.63) is 44.8 Å². The van der Waals surface area contributed by atoms with E-state index in [0.29, 0.717) is 27.8 Å². The molecule has 0 spiro atoms. The van der Waals surface area contributed by atoms with E-state index in [1.165, 1.54) is 12.1 Å². The number of nitrogens with zero attached hydrogens (tertiary/aromatic N) is 3. The monoisotopic (exact) mass is 599 g/mol. The number of hydrogen-bond donors (Lipinski definition) is 0. The lowest BCUT2D eigenvalue weighted by Gasteiger charge is -2.38. The lowest BCUT2D eigenvalue weighted by molar-refractivity contribution is -0.137. The summed E-state index contributed by atoms with van der Waals surface area (Å²) >= 11 is 1.95. The molecule has 1 aliphatic heterocycles. The van der Waals surface area contributed by atoms with Crippen molar-refractivity contribution in [3.63, 3.8) is 0 Å². The number of halogens is 4. The summed E-state index contributed by atoms with van der Waals surface area (Å²) < 4.78 is 70.7. The summed E-state index contributed by atoms with van der Waals surface area (Å²) in [6.45, 7) is 5.71. The summed E-state index contributed by atoms with van der Waals surface area (Å²) in [7, 11) is -3.59. The zero-order valence-electron chi connectivity index (χ0n) is 18.6. The van der Waals surface area contributed by atoms with E-state index in [4.69, 9.17) is 4.74 Å². The molecule has 0 saturated carbocycles. The predicted molar refractivity (Wildman–Crippen MR) is 123 cm³/mol. The van der Waals surface area contributed by atoms with Crippen molar-refractivity contribution >= 4 is 38.5 Å². The Hall–Kier alpha value is -1.83. The van der Waals surface area contributed by atoms with Crippen molar-refractivity contribution in [1.82, 2.24) is 14.5 Å². The Bertz CT molecular complexity index is 1140. The largest absolute Gasteiger partial charge is 0.444 e. The molecular formula is C21H25F3IN3O4S. The Morgan fingerprint density at radius 2 is 1.79 bits per heavy atom. The molecule has 0 radical (unpaired) electrons. The van der Waals surface area contributed by atoms with E-state index in [1.54, 1.807) is 30.2 Å². The molecule has 2 heterocycles.